The van der Waals surface area contributed by atoms with Crippen LogP contribution < -0.4 is 0 Å². The number of ether oxygens (including phenoxy) is 1. The van der Waals surface area contributed by atoms with E-state index in [0.717, 1.165) is 54.7 Å². The van der Waals surface area contributed by atoms with Gasteiger partial charge in [-0.25, -0.2) is 0 Å². The van der Waals surface area contributed by atoms with Gasteiger partial charge < -0.3 is 4.74 Å². The third-order valence-electron chi connectivity index (χ3n) is 7.50. The monoisotopic (exact) mass is 594 g/mol. The number of rotatable bonds is 7. The van der Waals surface area contributed by atoms with Gasteiger partial charge in [-0.1, -0.05) is 36.4 Å². The molecule has 2 nitrogen and oxygen atoms in total. The molecule has 4 fully saturated rings. The van der Waals surface area contributed by atoms with Crippen LogP contribution in [-0.4, -0.2) is 39.4 Å². The summed E-state index contributed by atoms with van der Waals surface area (Å²) < 4.78 is 122. The van der Waals surface area contributed by atoms with Crippen LogP contribution in [0.25, 0.3) is 0 Å². The average molecular weight is 594 g/mol. The van der Waals surface area contributed by atoms with Crippen molar-refractivity contribution in [3.8, 4) is 0 Å². The summed E-state index contributed by atoms with van der Waals surface area (Å²) in [6, 6.07) is 0. The van der Waals surface area contributed by atoms with Crippen LogP contribution in [-0.2, 0) is 9.53 Å². The van der Waals surface area contributed by atoms with Gasteiger partial charge in [0, 0.05) is 6.42 Å². The number of carbonyl (C=O) groups is 1. The number of esters is 1. The van der Waals surface area contributed by atoms with Gasteiger partial charge in [0.2, 0.25) is 0 Å². The summed E-state index contributed by atoms with van der Waals surface area (Å²) in [4.78, 5) is 12.7. The van der Waals surface area contributed by atoms with E-state index in [9.17, 15) is 44.3 Å². The summed E-state index contributed by atoms with van der Waals surface area (Å²) in [6.45, 7) is 3.62. The fraction of sp³-hybridized carbons (Fsp3) is 0.950. The van der Waals surface area contributed by atoms with E-state index in [1.54, 1.807) is 0 Å². The molecule has 32 heavy (non-hydrogen) atoms. The van der Waals surface area contributed by atoms with Gasteiger partial charge in [-0.3, -0.25) is 4.79 Å². The quantitative estimate of drug-likeness (QED) is 0.137. The number of hydrogen-bond donors (Lipinski definition) is 0. The molecule has 0 aliphatic heterocycles. The van der Waals surface area contributed by atoms with Gasteiger partial charge in [-0.05, 0) is 61.7 Å². The first-order valence-electron chi connectivity index (χ1n) is 10.4. The van der Waals surface area contributed by atoms with Crippen molar-refractivity contribution in [1.29, 1.82) is 0 Å². The van der Waals surface area contributed by atoms with Crippen LogP contribution >= 0.6 is 22.6 Å². The fourth-order valence-electron chi connectivity index (χ4n) is 6.23. The van der Waals surface area contributed by atoms with E-state index < -0.39 is 45.9 Å². The van der Waals surface area contributed by atoms with Gasteiger partial charge in [0.15, 0.2) is 0 Å². The van der Waals surface area contributed by atoms with E-state index in [4.69, 9.17) is 4.74 Å². The molecular formula is C20H24F9IO2. The van der Waals surface area contributed by atoms with E-state index >= 15 is 0 Å². The summed E-state index contributed by atoms with van der Waals surface area (Å²) in [5, 5.41) is 0. The van der Waals surface area contributed by atoms with Crippen molar-refractivity contribution in [3.63, 3.8) is 0 Å². The van der Waals surface area contributed by atoms with E-state index in [1.807, 2.05) is 13.8 Å². The zero-order valence-corrected chi connectivity index (χ0v) is 19.5. The number of carbonyl (C=O) groups excluding carboxylic acids is 1. The summed E-state index contributed by atoms with van der Waals surface area (Å²) in [7, 11) is 0. The SMILES string of the molecule is CC(C)C1(OC(=O)C(I)CC(F)(F)C(F)(F)C(F)(F)C(F)(F)F)C2CC3CC(C2)CC1C3. The van der Waals surface area contributed by atoms with Gasteiger partial charge in [0.05, 0.1) is 0 Å². The molecule has 4 rings (SSSR count). The van der Waals surface area contributed by atoms with Gasteiger partial charge >= 0.3 is 29.9 Å². The Balaban J connectivity index is 1.78. The maximum atomic E-state index is 14.0. The fourth-order valence-corrected chi connectivity index (χ4v) is 6.91. The highest BCUT2D eigenvalue weighted by Gasteiger charge is 2.81. The second-order valence-corrected chi connectivity index (χ2v) is 11.3. The largest absolute Gasteiger partial charge is 0.460 e. The standard InChI is InChI=1S/C20H24F9IO2/c1-9(2)17(12-4-10-3-11(6-12)7-13(17)5-10)32-15(31)14(30)8-16(21,22)18(23,24)19(25,26)20(27,28)29/h9-14H,3-8H2,1-2H3. The molecule has 0 N–H and O–H groups in total. The molecule has 0 saturated heterocycles. The van der Waals surface area contributed by atoms with Gasteiger partial charge in [0.1, 0.15) is 9.53 Å². The molecule has 1 unspecified atom stereocenters. The first kappa shape index (κ1) is 26.2. The molecule has 1 atom stereocenters. The Hall–Kier alpha value is -0.430. The van der Waals surface area contributed by atoms with Crippen molar-refractivity contribution in [2.45, 2.75) is 85.8 Å². The van der Waals surface area contributed by atoms with Crippen molar-refractivity contribution < 1.29 is 49.0 Å². The van der Waals surface area contributed by atoms with Gasteiger partial charge in [0.25, 0.3) is 0 Å². The topological polar surface area (TPSA) is 26.3 Å². The summed E-state index contributed by atoms with van der Waals surface area (Å²) in [5.41, 5.74) is -0.984. The predicted octanol–water partition coefficient (Wildman–Crippen LogP) is 7.04. The lowest BCUT2D eigenvalue weighted by atomic mass is 9.47. The predicted molar refractivity (Wildman–Crippen MR) is 104 cm³/mol. The Morgan fingerprint density at radius 1 is 0.875 bits per heavy atom. The Morgan fingerprint density at radius 2 is 1.31 bits per heavy atom. The highest BCUT2D eigenvalue weighted by Crippen LogP contribution is 2.62. The van der Waals surface area contributed by atoms with Crippen molar-refractivity contribution in [3.05, 3.63) is 0 Å². The van der Waals surface area contributed by atoms with Crippen molar-refractivity contribution in [2.24, 2.45) is 29.6 Å². The first-order valence-corrected chi connectivity index (χ1v) is 11.7. The van der Waals surface area contributed by atoms with Crippen LogP contribution in [0.4, 0.5) is 39.5 Å². The Kier molecular flexibility index (Phi) is 6.60. The van der Waals surface area contributed by atoms with Crippen molar-refractivity contribution in [2.75, 3.05) is 0 Å². The van der Waals surface area contributed by atoms with Crippen LogP contribution in [0.1, 0.15) is 52.4 Å². The molecule has 4 saturated carbocycles. The Labute approximate surface area is 193 Å². The Bertz CT molecular complexity index is 707. The second-order valence-electron chi connectivity index (χ2n) is 9.76. The highest BCUT2D eigenvalue weighted by molar-refractivity contribution is 14.1. The van der Waals surface area contributed by atoms with Gasteiger partial charge in [-0.2, -0.15) is 39.5 Å². The lowest BCUT2D eigenvalue weighted by Crippen LogP contribution is -2.63. The molecule has 0 aromatic rings. The van der Waals surface area contributed by atoms with Crippen molar-refractivity contribution >= 4 is 28.6 Å². The first-order chi connectivity index (χ1) is 14.4. The molecule has 0 radical (unpaired) electrons. The number of hydrogen-bond acceptors (Lipinski definition) is 2. The molecule has 0 aromatic carbocycles. The molecule has 4 aliphatic rings. The maximum Gasteiger partial charge on any atom is 0.460 e. The van der Waals surface area contributed by atoms with E-state index in [2.05, 4.69) is 0 Å². The van der Waals surface area contributed by atoms with E-state index in [0.29, 0.717) is 11.8 Å². The molecule has 0 spiro atoms. The molecule has 186 valence electrons. The third-order valence-corrected chi connectivity index (χ3v) is 8.44. The normalized spacial score (nSPS) is 34.2. The van der Waals surface area contributed by atoms with Crippen LogP contribution in [0.2, 0.25) is 0 Å². The summed E-state index contributed by atoms with van der Waals surface area (Å²) in [6.07, 6.45) is -4.86. The average Bonchev–Trinajstić information content (AvgIpc) is 2.62. The lowest BCUT2D eigenvalue weighted by molar-refractivity contribution is -0.396. The van der Waals surface area contributed by atoms with Crippen LogP contribution in [0, 0.1) is 29.6 Å². The van der Waals surface area contributed by atoms with Crippen molar-refractivity contribution in [1.82, 2.24) is 0 Å². The molecule has 0 heterocycles. The zero-order valence-electron chi connectivity index (χ0n) is 17.3. The minimum atomic E-state index is -6.97. The molecule has 0 aromatic heterocycles. The van der Waals surface area contributed by atoms with Crippen LogP contribution in [0.5, 0.6) is 0 Å². The van der Waals surface area contributed by atoms with E-state index in [1.165, 1.54) is 0 Å². The minimum absolute atomic E-state index is 0.0252. The van der Waals surface area contributed by atoms with Crippen LogP contribution in [0.15, 0.2) is 0 Å². The van der Waals surface area contributed by atoms with E-state index in [-0.39, 0.29) is 17.8 Å². The summed E-state index contributed by atoms with van der Waals surface area (Å²) in [5.74, 6) is -20.1. The van der Waals surface area contributed by atoms with Gasteiger partial charge in [-0.15, -0.1) is 0 Å². The molecule has 4 bridgehead atoms. The Morgan fingerprint density at radius 3 is 1.69 bits per heavy atom. The second kappa shape index (κ2) is 8.07. The molecule has 4 aliphatic carbocycles. The zero-order chi connectivity index (χ0) is 24.5. The number of halogens is 10. The van der Waals surface area contributed by atoms with Crippen LogP contribution in [0.3, 0.4) is 0 Å². The summed E-state index contributed by atoms with van der Waals surface area (Å²) >= 11 is 1.05. The molecular weight excluding hydrogens is 570 g/mol. The number of alkyl halides is 10. The third kappa shape index (κ3) is 3.91. The maximum absolute atomic E-state index is 14.0. The highest BCUT2D eigenvalue weighted by atomic mass is 127. The smallest absolute Gasteiger partial charge is 0.457 e. The lowest BCUT2D eigenvalue weighted by Gasteiger charge is -2.62. The molecule has 0 amide bonds. The minimum Gasteiger partial charge on any atom is -0.457 e. The molecule has 12 heteroatoms.